The Bertz CT molecular complexity index is 680. The fraction of sp³-hybridized carbons (Fsp3) is 0.235. The lowest BCUT2D eigenvalue weighted by Gasteiger charge is -2.16. The Morgan fingerprint density at radius 3 is 2.33 bits per heavy atom. The topological polar surface area (TPSA) is 32.3 Å². The molecule has 0 atom stereocenters. The number of carbonyl (C=O) groups excluding carboxylic acids is 1. The number of carbonyl (C=O) groups is 1. The van der Waals surface area contributed by atoms with Gasteiger partial charge in [0.05, 0.1) is 0 Å². The second-order valence-electron chi connectivity index (χ2n) is 5.31. The maximum Gasteiger partial charge on any atom is 0.255 e. The van der Waals surface area contributed by atoms with Crippen molar-refractivity contribution in [3.8, 4) is 0 Å². The van der Waals surface area contributed by atoms with Gasteiger partial charge < -0.3 is 10.2 Å². The van der Waals surface area contributed by atoms with Gasteiger partial charge in [0, 0.05) is 35.5 Å². The van der Waals surface area contributed by atoms with Crippen LogP contribution in [0.25, 0.3) is 0 Å². The minimum Gasteiger partial charge on any atom is -0.377 e. The monoisotopic (exact) mass is 346 g/mol. The van der Waals surface area contributed by atoms with Crippen molar-refractivity contribution in [3.63, 3.8) is 0 Å². The molecule has 0 aliphatic rings. The first kappa shape index (κ1) is 15.6. The van der Waals surface area contributed by atoms with Crippen LogP contribution in [0, 0.1) is 13.8 Å². The van der Waals surface area contributed by atoms with Gasteiger partial charge in [-0.1, -0.05) is 22.0 Å². The van der Waals surface area contributed by atoms with E-state index in [0.29, 0.717) is 5.56 Å². The van der Waals surface area contributed by atoms with Crippen LogP contribution in [0.3, 0.4) is 0 Å². The first-order valence-corrected chi connectivity index (χ1v) is 7.53. The molecule has 1 N–H and O–H groups in total. The van der Waals surface area contributed by atoms with Crippen LogP contribution in [-0.2, 0) is 0 Å². The summed E-state index contributed by atoms with van der Waals surface area (Å²) in [6.07, 6.45) is 0. The van der Waals surface area contributed by atoms with E-state index in [1.165, 1.54) is 0 Å². The van der Waals surface area contributed by atoms with E-state index in [1.807, 2.05) is 69.2 Å². The van der Waals surface area contributed by atoms with E-state index in [4.69, 9.17) is 0 Å². The lowest BCUT2D eigenvalue weighted by Crippen LogP contribution is -2.14. The van der Waals surface area contributed by atoms with Crippen LogP contribution in [0.1, 0.15) is 21.5 Å². The molecule has 2 rings (SSSR count). The molecule has 2 aromatic rings. The summed E-state index contributed by atoms with van der Waals surface area (Å²) in [6, 6.07) is 11.5. The van der Waals surface area contributed by atoms with Crippen molar-refractivity contribution in [1.82, 2.24) is 0 Å². The number of hydrogen-bond donors (Lipinski definition) is 1. The fourth-order valence-corrected chi connectivity index (χ4v) is 2.55. The second-order valence-corrected chi connectivity index (χ2v) is 6.17. The molecule has 2 aromatic carbocycles. The van der Waals surface area contributed by atoms with Gasteiger partial charge >= 0.3 is 0 Å². The molecule has 0 aromatic heterocycles. The number of amides is 1. The largest absolute Gasteiger partial charge is 0.377 e. The number of rotatable bonds is 3. The van der Waals surface area contributed by atoms with E-state index in [0.717, 1.165) is 27.0 Å². The van der Waals surface area contributed by atoms with Gasteiger partial charge in [-0.2, -0.15) is 0 Å². The summed E-state index contributed by atoms with van der Waals surface area (Å²) < 4.78 is 0.986. The number of benzene rings is 2. The van der Waals surface area contributed by atoms with Gasteiger partial charge in [-0.3, -0.25) is 4.79 Å². The third-order valence-corrected chi connectivity index (χ3v) is 4.22. The number of halogens is 1. The Hall–Kier alpha value is -1.81. The highest BCUT2D eigenvalue weighted by Gasteiger charge is 2.09. The molecule has 0 spiro atoms. The molecular formula is C17H19BrN2O. The highest BCUT2D eigenvalue weighted by Crippen LogP contribution is 2.22. The van der Waals surface area contributed by atoms with Gasteiger partial charge in [0.15, 0.2) is 0 Å². The molecule has 0 fully saturated rings. The van der Waals surface area contributed by atoms with Crippen LogP contribution in [-0.4, -0.2) is 20.0 Å². The van der Waals surface area contributed by atoms with Crippen LogP contribution in [0.15, 0.2) is 40.9 Å². The molecule has 0 aliphatic heterocycles. The van der Waals surface area contributed by atoms with Gasteiger partial charge in [0.25, 0.3) is 5.91 Å². The molecule has 0 radical (unpaired) electrons. The molecule has 0 aliphatic carbocycles. The fourth-order valence-electron chi connectivity index (χ4n) is 2.17. The maximum atomic E-state index is 12.3. The molecule has 110 valence electrons. The Morgan fingerprint density at radius 1 is 1.05 bits per heavy atom. The lowest BCUT2D eigenvalue weighted by atomic mass is 10.1. The minimum atomic E-state index is -0.0980. The van der Waals surface area contributed by atoms with Crippen LogP contribution in [0.5, 0.6) is 0 Å². The summed E-state index contributed by atoms with van der Waals surface area (Å²) in [6.45, 7) is 4.02. The van der Waals surface area contributed by atoms with E-state index in [-0.39, 0.29) is 5.91 Å². The molecule has 3 nitrogen and oxygen atoms in total. The zero-order chi connectivity index (χ0) is 15.6. The average Bonchev–Trinajstić information content (AvgIpc) is 2.42. The number of aryl methyl sites for hydroxylation is 2. The highest BCUT2D eigenvalue weighted by molar-refractivity contribution is 9.10. The molecule has 21 heavy (non-hydrogen) atoms. The summed E-state index contributed by atoms with van der Waals surface area (Å²) in [5.41, 5.74) is 4.78. The van der Waals surface area contributed by atoms with E-state index in [2.05, 4.69) is 21.2 Å². The van der Waals surface area contributed by atoms with Crippen LogP contribution in [0.4, 0.5) is 11.4 Å². The molecule has 0 unspecified atom stereocenters. The maximum absolute atomic E-state index is 12.3. The first-order valence-electron chi connectivity index (χ1n) is 6.74. The van der Waals surface area contributed by atoms with Crippen molar-refractivity contribution in [2.75, 3.05) is 24.3 Å². The minimum absolute atomic E-state index is 0.0980. The Kier molecular flexibility index (Phi) is 4.68. The van der Waals surface area contributed by atoms with Crippen molar-refractivity contribution in [1.29, 1.82) is 0 Å². The Balaban J connectivity index is 2.20. The van der Waals surface area contributed by atoms with Gasteiger partial charge in [-0.05, 0) is 55.3 Å². The Labute approximate surface area is 134 Å². The number of nitrogens with one attached hydrogen (secondary N) is 1. The van der Waals surface area contributed by atoms with Gasteiger partial charge in [-0.15, -0.1) is 0 Å². The van der Waals surface area contributed by atoms with Gasteiger partial charge in [0.2, 0.25) is 0 Å². The van der Waals surface area contributed by atoms with Crippen molar-refractivity contribution in [3.05, 3.63) is 57.6 Å². The number of hydrogen-bond acceptors (Lipinski definition) is 2. The van der Waals surface area contributed by atoms with E-state index in [9.17, 15) is 4.79 Å². The summed E-state index contributed by atoms with van der Waals surface area (Å²) in [5, 5.41) is 2.92. The number of nitrogens with zero attached hydrogens (tertiary/aromatic N) is 1. The standard InChI is InChI=1S/C17H19BrN2O/c1-11-5-7-14(10-15(11)18)19-17(21)13-6-8-16(20(3)4)12(2)9-13/h5-10H,1-4H3,(H,19,21). The zero-order valence-corrected chi connectivity index (χ0v) is 14.3. The average molecular weight is 347 g/mol. The van der Waals surface area contributed by atoms with E-state index >= 15 is 0 Å². The van der Waals surface area contributed by atoms with Gasteiger partial charge in [-0.25, -0.2) is 0 Å². The SMILES string of the molecule is Cc1ccc(NC(=O)c2ccc(N(C)C)c(C)c2)cc1Br. The van der Waals surface area contributed by atoms with E-state index in [1.54, 1.807) is 0 Å². The zero-order valence-electron chi connectivity index (χ0n) is 12.7. The van der Waals surface area contributed by atoms with Gasteiger partial charge in [0.1, 0.15) is 0 Å². The predicted molar refractivity (Wildman–Crippen MR) is 92.3 cm³/mol. The third kappa shape index (κ3) is 3.64. The molecule has 0 bridgehead atoms. The molecule has 0 heterocycles. The van der Waals surface area contributed by atoms with Crippen molar-refractivity contribution in [2.45, 2.75) is 13.8 Å². The molecule has 4 heteroatoms. The second kappa shape index (κ2) is 6.31. The lowest BCUT2D eigenvalue weighted by molar-refractivity contribution is 0.102. The summed E-state index contributed by atoms with van der Waals surface area (Å²) >= 11 is 3.47. The summed E-state index contributed by atoms with van der Waals surface area (Å²) in [5.74, 6) is -0.0980. The van der Waals surface area contributed by atoms with Crippen LogP contribution < -0.4 is 10.2 Å². The van der Waals surface area contributed by atoms with Crippen molar-refractivity contribution in [2.24, 2.45) is 0 Å². The Morgan fingerprint density at radius 2 is 1.76 bits per heavy atom. The third-order valence-electron chi connectivity index (χ3n) is 3.37. The highest BCUT2D eigenvalue weighted by atomic mass is 79.9. The quantitative estimate of drug-likeness (QED) is 0.893. The summed E-state index contributed by atoms with van der Waals surface area (Å²) in [7, 11) is 3.98. The predicted octanol–water partition coefficient (Wildman–Crippen LogP) is 4.38. The van der Waals surface area contributed by atoms with E-state index < -0.39 is 0 Å². The smallest absolute Gasteiger partial charge is 0.255 e. The van der Waals surface area contributed by atoms with Crippen molar-refractivity contribution >= 4 is 33.2 Å². The summed E-state index contributed by atoms with van der Waals surface area (Å²) in [4.78, 5) is 14.3. The number of anilines is 2. The van der Waals surface area contributed by atoms with Crippen LogP contribution >= 0.6 is 15.9 Å². The molecule has 0 saturated carbocycles. The molecular weight excluding hydrogens is 328 g/mol. The van der Waals surface area contributed by atoms with Crippen molar-refractivity contribution < 1.29 is 4.79 Å². The first-order chi connectivity index (χ1) is 9.88. The van der Waals surface area contributed by atoms with Crippen LogP contribution in [0.2, 0.25) is 0 Å². The molecule has 1 amide bonds. The molecule has 0 saturated heterocycles. The normalized spacial score (nSPS) is 10.3.